The zero-order valence-corrected chi connectivity index (χ0v) is 12.8. The molecule has 2 aromatic rings. The predicted octanol–water partition coefficient (Wildman–Crippen LogP) is 3.76. The maximum Gasteiger partial charge on any atom is 0.337 e. The number of carbonyl (C=O) groups is 2. The van der Waals surface area contributed by atoms with Gasteiger partial charge in [0.25, 0.3) is 5.91 Å². The number of carboxylic acids is 1. The number of nitrogens with one attached hydrogen (secondary N) is 1. The van der Waals surface area contributed by atoms with Crippen LogP contribution in [0.4, 0.5) is 5.69 Å². The second-order valence-electron chi connectivity index (χ2n) is 4.15. The Morgan fingerprint density at radius 3 is 2.48 bits per heavy atom. The van der Waals surface area contributed by atoms with Crippen molar-refractivity contribution in [2.24, 2.45) is 0 Å². The summed E-state index contributed by atoms with van der Waals surface area (Å²) in [5.41, 5.74) is 0.157. The molecule has 0 spiro atoms. The SMILES string of the molecule is O=C(Nc1ccc(O)cc1C(=O)O)c1cc(Cl)cc(Br)c1. The monoisotopic (exact) mass is 369 g/mol. The summed E-state index contributed by atoms with van der Waals surface area (Å²) >= 11 is 9.08. The molecule has 0 aliphatic heterocycles. The Labute approximate surface area is 133 Å². The Kier molecular flexibility index (Phi) is 4.50. The molecule has 0 bridgehead atoms. The number of benzene rings is 2. The molecule has 3 N–H and O–H groups in total. The van der Waals surface area contributed by atoms with Crippen molar-refractivity contribution in [2.75, 3.05) is 5.32 Å². The molecule has 1 amide bonds. The third-order valence-electron chi connectivity index (χ3n) is 2.61. The van der Waals surface area contributed by atoms with E-state index in [1.165, 1.54) is 18.2 Å². The minimum Gasteiger partial charge on any atom is -0.508 e. The fourth-order valence-corrected chi connectivity index (χ4v) is 2.56. The molecule has 7 heteroatoms. The molecule has 0 saturated carbocycles. The van der Waals surface area contributed by atoms with Gasteiger partial charge >= 0.3 is 5.97 Å². The van der Waals surface area contributed by atoms with Crippen molar-refractivity contribution in [3.63, 3.8) is 0 Å². The fourth-order valence-electron chi connectivity index (χ4n) is 1.70. The van der Waals surface area contributed by atoms with Crippen LogP contribution in [0, 0.1) is 0 Å². The Morgan fingerprint density at radius 1 is 1.14 bits per heavy atom. The second-order valence-corrected chi connectivity index (χ2v) is 5.50. The van der Waals surface area contributed by atoms with Gasteiger partial charge in [0.2, 0.25) is 0 Å². The Morgan fingerprint density at radius 2 is 1.86 bits per heavy atom. The van der Waals surface area contributed by atoms with Crippen LogP contribution in [0.25, 0.3) is 0 Å². The van der Waals surface area contributed by atoms with Crippen molar-refractivity contribution in [1.82, 2.24) is 0 Å². The number of halogens is 2. The molecule has 0 aliphatic carbocycles. The predicted molar refractivity (Wildman–Crippen MR) is 82.2 cm³/mol. The molecule has 108 valence electrons. The van der Waals surface area contributed by atoms with Crippen LogP contribution in [0.2, 0.25) is 5.02 Å². The van der Waals surface area contributed by atoms with Crippen LogP contribution in [0.1, 0.15) is 20.7 Å². The number of carboxylic acid groups (broad SMARTS) is 1. The van der Waals surface area contributed by atoms with Crippen LogP contribution in [-0.2, 0) is 0 Å². The van der Waals surface area contributed by atoms with Gasteiger partial charge in [-0.1, -0.05) is 27.5 Å². The molecule has 0 atom stereocenters. The highest BCUT2D eigenvalue weighted by atomic mass is 79.9. The van der Waals surface area contributed by atoms with E-state index in [-0.39, 0.29) is 22.6 Å². The molecule has 2 aromatic carbocycles. The molecular formula is C14H9BrClNO4. The average Bonchev–Trinajstić information content (AvgIpc) is 2.39. The minimum atomic E-state index is -1.26. The number of rotatable bonds is 3. The third-order valence-corrected chi connectivity index (χ3v) is 3.28. The number of carbonyl (C=O) groups excluding carboxylic acids is 1. The topological polar surface area (TPSA) is 86.6 Å². The lowest BCUT2D eigenvalue weighted by Crippen LogP contribution is -2.14. The molecule has 0 fully saturated rings. The normalized spacial score (nSPS) is 10.2. The van der Waals surface area contributed by atoms with E-state index in [1.54, 1.807) is 12.1 Å². The van der Waals surface area contributed by atoms with E-state index in [4.69, 9.17) is 16.7 Å². The van der Waals surface area contributed by atoms with Gasteiger partial charge in [-0.3, -0.25) is 4.79 Å². The first kappa shape index (κ1) is 15.3. The molecule has 0 saturated heterocycles. The second kappa shape index (κ2) is 6.15. The molecule has 0 aromatic heterocycles. The van der Waals surface area contributed by atoms with Gasteiger partial charge in [0.05, 0.1) is 11.3 Å². The quantitative estimate of drug-likeness (QED) is 0.718. The van der Waals surface area contributed by atoms with Gasteiger partial charge in [-0.15, -0.1) is 0 Å². The molecule has 0 unspecified atom stereocenters. The van der Waals surface area contributed by atoms with Crippen molar-refractivity contribution in [1.29, 1.82) is 0 Å². The van der Waals surface area contributed by atoms with E-state index in [9.17, 15) is 14.7 Å². The van der Waals surface area contributed by atoms with Gasteiger partial charge in [-0.05, 0) is 36.4 Å². The van der Waals surface area contributed by atoms with E-state index in [0.29, 0.717) is 9.50 Å². The van der Waals surface area contributed by atoms with E-state index in [0.717, 1.165) is 6.07 Å². The molecule has 0 aliphatic rings. The number of phenols is 1. The number of anilines is 1. The number of hydrogen-bond donors (Lipinski definition) is 3. The summed E-state index contributed by atoms with van der Waals surface area (Å²) in [6.45, 7) is 0. The fraction of sp³-hybridized carbons (Fsp3) is 0. The van der Waals surface area contributed by atoms with E-state index in [2.05, 4.69) is 21.2 Å². The van der Waals surface area contributed by atoms with Crippen LogP contribution in [0.15, 0.2) is 40.9 Å². The van der Waals surface area contributed by atoms with Crippen LogP contribution in [0.5, 0.6) is 5.75 Å². The van der Waals surface area contributed by atoms with Crippen LogP contribution in [-0.4, -0.2) is 22.1 Å². The van der Waals surface area contributed by atoms with E-state index < -0.39 is 11.9 Å². The molecule has 2 rings (SSSR count). The smallest absolute Gasteiger partial charge is 0.337 e. The summed E-state index contributed by atoms with van der Waals surface area (Å²) in [4.78, 5) is 23.2. The summed E-state index contributed by atoms with van der Waals surface area (Å²) in [7, 11) is 0. The number of phenolic OH excluding ortho intramolecular Hbond substituents is 1. The summed E-state index contributed by atoms with van der Waals surface area (Å²) in [6, 6.07) is 8.31. The summed E-state index contributed by atoms with van der Waals surface area (Å²) < 4.78 is 0.629. The molecule has 21 heavy (non-hydrogen) atoms. The minimum absolute atomic E-state index is 0.0846. The standard InChI is InChI=1S/C14H9BrClNO4/c15-8-3-7(4-9(16)5-8)13(19)17-12-2-1-10(18)6-11(12)14(20)21/h1-6,18H,(H,17,19)(H,20,21). The molecule has 5 nitrogen and oxygen atoms in total. The molecule has 0 radical (unpaired) electrons. The van der Waals surface area contributed by atoms with Gasteiger partial charge in [-0.25, -0.2) is 4.79 Å². The summed E-state index contributed by atoms with van der Waals surface area (Å²) in [5, 5.41) is 21.2. The van der Waals surface area contributed by atoms with Gasteiger partial charge in [0.15, 0.2) is 0 Å². The highest BCUT2D eigenvalue weighted by molar-refractivity contribution is 9.10. The van der Waals surface area contributed by atoms with Crippen molar-refractivity contribution in [3.8, 4) is 5.75 Å². The molecule has 0 heterocycles. The first-order valence-corrected chi connectivity index (χ1v) is 6.87. The molecular weight excluding hydrogens is 362 g/mol. The maximum atomic E-state index is 12.1. The largest absolute Gasteiger partial charge is 0.508 e. The lowest BCUT2D eigenvalue weighted by molar-refractivity contribution is 0.0697. The zero-order chi connectivity index (χ0) is 15.6. The van der Waals surface area contributed by atoms with Crippen LogP contribution >= 0.6 is 27.5 Å². The van der Waals surface area contributed by atoms with Crippen molar-refractivity contribution >= 4 is 45.1 Å². The van der Waals surface area contributed by atoms with E-state index >= 15 is 0 Å². The summed E-state index contributed by atoms with van der Waals surface area (Å²) in [6.07, 6.45) is 0. The Hall–Kier alpha value is -2.05. The first-order chi connectivity index (χ1) is 9.86. The summed E-state index contributed by atoms with van der Waals surface area (Å²) in [5.74, 6) is -1.96. The van der Waals surface area contributed by atoms with Crippen molar-refractivity contribution < 1.29 is 19.8 Å². The van der Waals surface area contributed by atoms with Gasteiger partial charge in [0, 0.05) is 15.1 Å². The maximum absolute atomic E-state index is 12.1. The first-order valence-electron chi connectivity index (χ1n) is 5.70. The Balaban J connectivity index is 2.33. The van der Waals surface area contributed by atoms with Gasteiger partial charge in [0.1, 0.15) is 5.75 Å². The number of hydrogen-bond acceptors (Lipinski definition) is 3. The van der Waals surface area contributed by atoms with Crippen LogP contribution in [0.3, 0.4) is 0 Å². The van der Waals surface area contributed by atoms with Crippen molar-refractivity contribution in [3.05, 3.63) is 57.0 Å². The van der Waals surface area contributed by atoms with Gasteiger partial charge < -0.3 is 15.5 Å². The average molecular weight is 371 g/mol. The number of aromatic carboxylic acids is 1. The lowest BCUT2D eigenvalue weighted by atomic mass is 10.1. The Bertz CT molecular complexity index is 713. The third kappa shape index (κ3) is 3.74. The number of amides is 1. The highest BCUT2D eigenvalue weighted by Crippen LogP contribution is 2.24. The lowest BCUT2D eigenvalue weighted by Gasteiger charge is -2.09. The van der Waals surface area contributed by atoms with E-state index in [1.807, 2.05) is 0 Å². The number of aromatic hydroxyl groups is 1. The van der Waals surface area contributed by atoms with Crippen LogP contribution < -0.4 is 5.32 Å². The highest BCUT2D eigenvalue weighted by Gasteiger charge is 2.15. The van der Waals surface area contributed by atoms with Gasteiger partial charge in [-0.2, -0.15) is 0 Å². The zero-order valence-electron chi connectivity index (χ0n) is 10.4. The van der Waals surface area contributed by atoms with Crippen molar-refractivity contribution in [2.45, 2.75) is 0 Å².